The molecule has 0 aliphatic heterocycles. The Kier molecular flexibility index (Phi) is 10.4. The van der Waals surface area contributed by atoms with Gasteiger partial charge in [-0.3, -0.25) is 4.79 Å². The fourth-order valence-corrected chi connectivity index (χ4v) is 4.83. The Morgan fingerprint density at radius 1 is 1.11 bits per heavy atom. The summed E-state index contributed by atoms with van der Waals surface area (Å²) in [4.78, 5) is 20.3. The fourth-order valence-electron chi connectivity index (χ4n) is 3.99. The lowest BCUT2D eigenvalue weighted by Crippen LogP contribution is -2.29. The Morgan fingerprint density at radius 2 is 1.78 bits per heavy atom. The molecule has 9 heteroatoms. The first-order chi connectivity index (χ1) is 17.5. The average Bonchev–Trinajstić information content (AvgIpc) is 2.89. The van der Waals surface area contributed by atoms with Crippen molar-refractivity contribution in [3.05, 3.63) is 88.3 Å². The highest BCUT2D eigenvalue weighted by molar-refractivity contribution is 7.83. The number of H-pyrrole nitrogens is 1. The Labute approximate surface area is 214 Å². The van der Waals surface area contributed by atoms with Crippen molar-refractivity contribution < 1.29 is 4.21 Å². The third-order valence-corrected chi connectivity index (χ3v) is 6.84. The Morgan fingerprint density at radius 3 is 2.44 bits per heavy atom. The van der Waals surface area contributed by atoms with Crippen LogP contribution in [0, 0.1) is 11.3 Å². The highest BCUT2D eigenvalue weighted by Gasteiger charge is 2.17. The number of aromatic amines is 1. The zero-order valence-electron chi connectivity index (χ0n) is 20.4. The second kappa shape index (κ2) is 14.0. The van der Waals surface area contributed by atoms with Crippen LogP contribution in [0.2, 0.25) is 0 Å². The van der Waals surface area contributed by atoms with Crippen LogP contribution in [0.3, 0.4) is 0 Å². The maximum atomic E-state index is 12.5. The average molecular weight is 505 g/mol. The van der Waals surface area contributed by atoms with Crippen LogP contribution in [-0.4, -0.2) is 21.1 Å². The molecule has 0 spiro atoms. The fraction of sp³-hybridized carbons (Fsp3) is 0.296. The van der Waals surface area contributed by atoms with Crippen LogP contribution < -0.4 is 21.3 Å². The standard InChI is InChI=1S/C25H29N5O2S.C2H3N/c26-24(23-22(15-16-27-25(23)31)29-19-9-5-2-6-10-19)30-20-11-13-21(14-12-20)33(32)28-17-18-7-3-1-4-8-18;1-2-3/h1,3-4,7-8,11-16,19,28H,2,5-6,9-10,17H2,(H2,26,30)(H2,27,29,31);1H3. The molecule has 0 amide bonds. The second-order valence-corrected chi connectivity index (χ2v) is 9.66. The van der Waals surface area contributed by atoms with Gasteiger partial charge in [0.2, 0.25) is 0 Å². The Bertz CT molecular complexity index is 1260. The molecule has 0 bridgehead atoms. The van der Waals surface area contributed by atoms with Crippen molar-refractivity contribution in [2.45, 2.75) is 56.5 Å². The van der Waals surface area contributed by atoms with Gasteiger partial charge in [0.05, 0.1) is 22.3 Å². The molecule has 2 aromatic carbocycles. The zero-order chi connectivity index (χ0) is 25.8. The molecule has 5 N–H and O–H groups in total. The van der Waals surface area contributed by atoms with Gasteiger partial charge in [0.15, 0.2) is 0 Å². The molecule has 1 aliphatic carbocycles. The van der Waals surface area contributed by atoms with Crippen molar-refractivity contribution in [3.8, 4) is 6.07 Å². The third kappa shape index (κ3) is 7.90. The van der Waals surface area contributed by atoms with Gasteiger partial charge in [0.25, 0.3) is 5.56 Å². The van der Waals surface area contributed by atoms with Gasteiger partial charge in [0, 0.05) is 25.7 Å². The minimum atomic E-state index is -1.35. The molecule has 3 aromatic rings. The van der Waals surface area contributed by atoms with Gasteiger partial charge in [-0.05, 0) is 48.7 Å². The van der Waals surface area contributed by atoms with Crippen molar-refractivity contribution in [2.75, 3.05) is 5.32 Å². The van der Waals surface area contributed by atoms with Gasteiger partial charge in [0.1, 0.15) is 22.4 Å². The third-order valence-electron chi connectivity index (χ3n) is 5.73. The molecule has 4 rings (SSSR count). The van der Waals surface area contributed by atoms with E-state index in [1.165, 1.54) is 26.2 Å². The summed E-state index contributed by atoms with van der Waals surface area (Å²) < 4.78 is 15.6. The van der Waals surface area contributed by atoms with Crippen molar-refractivity contribution in [2.24, 2.45) is 10.7 Å². The number of benzene rings is 2. The lowest BCUT2D eigenvalue weighted by atomic mass is 9.95. The summed E-state index contributed by atoms with van der Waals surface area (Å²) in [6.07, 6.45) is 7.42. The summed E-state index contributed by atoms with van der Waals surface area (Å²) >= 11 is 0. The summed E-state index contributed by atoms with van der Waals surface area (Å²) in [5.41, 5.74) is 8.68. The van der Waals surface area contributed by atoms with Gasteiger partial charge < -0.3 is 16.0 Å². The van der Waals surface area contributed by atoms with E-state index in [-0.39, 0.29) is 11.4 Å². The minimum Gasteiger partial charge on any atom is -0.383 e. The number of nitrogens with zero attached hydrogens (tertiary/aromatic N) is 2. The minimum absolute atomic E-state index is 0.145. The van der Waals surface area contributed by atoms with Gasteiger partial charge in [-0.2, -0.15) is 5.26 Å². The molecule has 1 fully saturated rings. The van der Waals surface area contributed by atoms with E-state index in [1.807, 2.05) is 36.4 Å². The van der Waals surface area contributed by atoms with E-state index in [1.54, 1.807) is 36.5 Å². The number of hydrogen-bond acceptors (Lipinski definition) is 5. The van der Waals surface area contributed by atoms with Crippen molar-refractivity contribution in [1.29, 1.82) is 5.26 Å². The predicted octanol–water partition coefficient (Wildman–Crippen LogP) is 4.50. The maximum Gasteiger partial charge on any atom is 0.261 e. The largest absolute Gasteiger partial charge is 0.383 e. The van der Waals surface area contributed by atoms with E-state index in [9.17, 15) is 9.00 Å². The van der Waals surface area contributed by atoms with E-state index in [4.69, 9.17) is 11.0 Å². The quantitative estimate of drug-likeness (QED) is 0.264. The second-order valence-electron chi connectivity index (χ2n) is 8.36. The number of aliphatic imine (C=N–C) groups is 1. The number of nitrogens with two attached hydrogens (primary N) is 1. The molecular weight excluding hydrogens is 472 g/mol. The van der Waals surface area contributed by atoms with Crippen LogP contribution >= 0.6 is 0 Å². The summed E-state index contributed by atoms with van der Waals surface area (Å²) in [6, 6.07) is 20.7. The van der Waals surface area contributed by atoms with Crippen LogP contribution in [0.25, 0.3) is 0 Å². The first kappa shape index (κ1) is 26.9. The molecular formula is C27H32N6O2S. The van der Waals surface area contributed by atoms with Crippen molar-refractivity contribution >= 4 is 28.2 Å². The summed E-state index contributed by atoms with van der Waals surface area (Å²) in [5.74, 6) is 0.145. The van der Waals surface area contributed by atoms with E-state index >= 15 is 0 Å². The Hall–Kier alpha value is -3.74. The highest BCUT2D eigenvalue weighted by atomic mass is 32.2. The molecule has 1 atom stereocenters. The molecule has 1 aliphatic rings. The lowest BCUT2D eigenvalue weighted by Gasteiger charge is -2.24. The molecule has 1 heterocycles. The normalized spacial score (nSPS) is 14.7. The molecule has 188 valence electrons. The van der Waals surface area contributed by atoms with Crippen molar-refractivity contribution in [3.63, 3.8) is 0 Å². The van der Waals surface area contributed by atoms with Crippen LogP contribution in [0.5, 0.6) is 0 Å². The molecule has 1 unspecified atom stereocenters. The van der Waals surface area contributed by atoms with Crippen LogP contribution in [0.4, 0.5) is 11.4 Å². The number of pyridine rings is 1. The van der Waals surface area contributed by atoms with E-state index in [0.29, 0.717) is 34.4 Å². The molecule has 0 saturated heterocycles. The number of nitriles is 1. The first-order valence-electron chi connectivity index (χ1n) is 11.9. The van der Waals surface area contributed by atoms with Crippen LogP contribution in [0.1, 0.15) is 50.2 Å². The number of hydrogen-bond donors (Lipinski definition) is 4. The molecule has 1 saturated carbocycles. The highest BCUT2D eigenvalue weighted by Crippen LogP contribution is 2.23. The smallest absolute Gasteiger partial charge is 0.261 e. The van der Waals surface area contributed by atoms with Gasteiger partial charge in [-0.25, -0.2) is 13.9 Å². The molecule has 8 nitrogen and oxygen atoms in total. The Balaban J connectivity index is 0.00000115. The number of rotatable bonds is 8. The first-order valence-corrected chi connectivity index (χ1v) is 13.1. The maximum absolute atomic E-state index is 12.5. The lowest BCUT2D eigenvalue weighted by molar-refractivity contribution is 0.462. The number of anilines is 1. The van der Waals surface area contributed by atoms with Crippen LogP contribution in [0.15, 0.2) is 81.5 Å². The van der Waals surface area contributed by atoms with E-state index < -0.39 is 11.0 Å². The van der Waals surface area contributed by atoms with Gasteiger partial charge >= 0.3 is 0 Å². The van der Waals surface area contributed by atoms with E-state index in [2.05, 4.69) is 20.0 Å². The molecule has 36 heavy (non-hydrogen) atoms. The molecule has 0 radical (unpaired) electrons. The zero-order valence-corrected chi connectivity index (χ0v) is 21.2. The summed E-state index contributed by atoms with van der Waals surface area (Å²) in [5, 5.41) is 10.8. The van der Waals surface area contributed by atoms with Gasteiger partial charge in [-0.15, -0.1) is 0 Å². The van der Waals surface area contributed by atoms with Crippen molar-refractivity contribution in [1.82, 2.24) is 9.71 Å². The predicted molar refractivity (Wildman–Crippen MR) is 145 cm³/mol. The number of nitrogens with one attached hydrogen (secondary N) is 3. The number of amidine groups is 1. The summed E-state index contributed by atoms with van der Waals surface area (Å²) in [6.45, 7) is 1.94. The van der Waals surface area contributed by atoms with Crippen LogP contribution in [-0.2, 0) is 17.5 Å². The molecule has 1 aromatic heterocycles. The SMILES string of the molecule is CC#N.NC(=Nc1ccc(S(=O)NCc2ccccc2)cc1)c1c(NC2CCCCC2)cc[nH]c1=O. The van der Waals surface area contributed by atoms with Gasteiger partial charge in [-0.1, -0.05) is 49.6 Å². The number of aromatic nitrogens is 1. The monoisotopic (exact) mass is 504 g/mol. The summed E-state index contributed by atoms with van der Waals surface area (Å²) in [7, 11) is -1.35. The topological polar surface area (TPSA) is 136 Å². The van der Waals surface area contributed by atoms with E-state index in [0.717, 1.165) is 18.4 Å².